The lowest BCUT2D eigenvalue weighted by Gasteiger charge is -2.06. The Kier molecular flexibility index (Phi) is 4.27. The molecule has 0 unspecified atom stereocenters. The molecule has 26 heavy (non-hydrogen) atoms. The molecule has 0 radical (unpaired) electrons. The van der Waals surface area contributed by atoms with E-state index in [-0.39, 0.29) is 5.91 Å². The van der Waals surface area contributed by atoms with Gasteiger partial charge >= 0.3 is 0 Å². The van der Waals surface area contributed by atoms with E-state index in [0.29, 0.717) is 12.1 Å². The maximum absolute atomic E-state index is 12.9. The van der Waals surface area contributed by atoms with Gasteiger partial charge in [0.2, 0.25) is 0 Å². The number of nitrogens with zero attached hydrogens (tertiary/aromatic N) is 2. The lowest BCUT2D eigenvalue weighted by molar-refractivity contribution is 0.0957. The molecule has 1 N–H and O–H groups in total. The topological polar surface area (TPSA) is 55.6 Å². The minimum Gasteiger partial charge on any atom is -0.495 e. The molecular weight excluding hydrogens is 326 g/mol. The van der Waals surface area contributed by atoms with Crippen LogP contribution in [0.1, 0.15) is 15.9 Å². The van der Waals surface area contributed by atoms with E-state index >= 15 is 0 Å². The van der Waals surface area contributed by atoms with Gasteiger partial charge in [0.15, 0.2) is 0 Å². The second-order valence-electron chi connectivity index (χ2n) is 6.08. The third kappa shape index (κ3) is 2.88. The Labute approximate surface area is 151 Å². The second-order valence-corrected chi connectivity index (χ2v) is 6.08. The van der Waals surface area contributed by atoms with E-state index in [1.54, 1.807) is 13.3 Å². The minimum absolute atomic E-state index is 0.0715. The van der Waals surface area contributed by atoms with E-state index in [9.17, 15) is 4.79 Å². The van der Waals surface area contributed by atoms with Gasteiger partial charge in [-0.2, -0.15) is 0 Å². The molecule has 130 valence electrons. The summed E-state index contributed by atoms with van der Waals surface area (Å²) in [4.78, 5) is 17.0. The van der Waals surface area contributed by atoms with Gasteiger partial charge in [-0.15, -0.1) is 0 Å². The molecule has 4 rings (SSSR count). The van der Waals surface area contributed by atoms with Gasteiger partial charge in [0.25, 0.3) is 5.91 Å². The molecule has 0 saturated heterocycles. The molecule has 0 aliphatic rings. The van der Waals surface area contributed by atoms with Crippen LogP contribution in [0.5, 0.6) is 5.75 Å². The normalized spacial score (nSPS) is 11.0. The van der Waals surface area contributed by atoms with Gasteiger partial charge in [-0.1, -0.05) is 24.3 Å². The Bertz CT molecular complexity index is 1070. The summed E-state index contributed by atoms with van der Waals surface area (Å²) in [5.41, 5.74) is 3.64. The number of para-hydroxylation sites is 1. The predicted molar refractivity (Wildman–Crippen MR) is 102 cm³/mol. The van der Waals surface area contributed by atoms with Crippen LogP contribution < -0.4 is 10.1 Å². The Morgan fingerprint density at radius 1 is 1.12 bits per heavy atom. The lowest BCUT2D eigenvalue weighted by atomic mass is 10.1. The van der Waals surface area contributed by atoms with E-state index in [0.717, 1.165) is 34.2 Å². The predicted octanol–water partition coefficient (Wildman–Crippen LogP) is 3.47. The van der Waals surface area contributed by atoms with Gasteiger partial charge < -0.3 is 14.5 Å². The van der Waals surface area contributed by atoms with Crippen LogP contribution in [-0.4, -0.2) is 28.9 Å². The number of benzene rings is 1. The van der Waals surface area contributed by atoms with Crippen LogP contribution in [0.25, 0.3) is 16.4 Å². The number of carbonyl (C=O) groups excluding carboxylic acids is 1. The number of methoxy groups -OCH3 is 1. The van der Waals surface area contributed by atoms with Gasteiger partial charge in [0.05, 0.1) is 29.9 Å². The maximum Gasteiger partial charge on any atom is 0.254 e. The highest BCUT2D eigenvalue weighted by Crippen LogP contribution is 2.28. The monoisotopic (exact) mass is 345 g/mol. The molecule has 1 amide bonds. The zero-order valence-electron chi connectivity index (χ0n) is 14.5. The third-order valence-electron chi connectivity index (χ3n) is 4.50. The fraction of sp³-hybridized carbons (Fsp3) is 0.143. The van der Waals surface area contributed by atoms with E-state index in [2.05, 4.69) is 10.3 Å². The molecule has 4 aromatic rings. The molecule has 0 aliphatic carbocycles. The molecule has 0 fully saturated rings. The second kappa shape index (κ2) is 6.88. The van der Waals surface area contributed by atoms with Crippen molar-refractivity contribution in [2.24, 2.45) is 0 Å². The van der Waals surface area contributed by atoms with Crippen molar-refractivity contribution < 1.29 is 9.53 Å². The summed E-state index contributed by atoms with van der Waals surface area (Å²) >= 11 is 0. The Hall–Kier alpha value is -3.34. The molecule has 0 aliphatic heterocycles. The first kappa shape index (κ1) is 16.1. The molecular formula is C21H19N3O2. The molecule has 0 saturated carbocycles. The van der Waals surface area contributed by atoms with Crippen molar-refractivity contribution in [3.05, 3.63) is 78.2 Å². The highest BCUT2D eigenvalue weighted by molar-refractivity contribution is 6.13. The fourth-order valence-electron chi connectivity index (χ4n) is 3.23. The van der Waals surface area contributed by atoms with E-state index < -0.39 is 0 Å². The molecule has 3 aromatic heterocycles. The van der Waals surface area contributed by atoms with Gasteiger partial charge in [-0.05, 0) is 36.2 Å². The molecule has 3 heterocycles. The van der Waals surface area contributed by atoms with Gasteiger partial charge in [0.1, 0.15) is 5.75 Å². The fourth-order valence-corrected chi connectivity index (χ4v) is 3.23. The van der Waals surface area contributed by atoms with Gasteiger partial charge in [-0.25, -0.2) is 0 Å². The molecule has 0 spiro atoms. The number of ether oxygens (including phenoxy) is 1. The Morgan fingerprint density at radius 2 is 2.00 bits per heavy atom. The first-order valence-electron chi connectivity index (χ1n) is 8.52. The standard InChI is InChI=1S/C21H19N3O2/c1-26-16-8-9-19-20(17-6-2-3-7-18(17)24(19)14-16)21(25)23-12-10-15-5-4-11-22-13-15/h2-9,11,13-14H,10,12H2,1H3,(H,23,25). The number of hydrogen-bond donors (Lipinski definition) is 1. The van der Waals surface area contributed by atoms with Crippen LogP contribution in [0, 0.1) is 0 Å². The zero-order valence-corrected chi connectivity index (χ0v) is 14.5. The Balaban J connectivity index is 1.67. The number of aromatic nitrogens is 2. The number of pyridine rings is 2. The average molecular weight is 345 g/mol. The molecule has 0 atom stereocenters. The summed E-state index contributed by atoms with van der Waals surface area (Å²) in [6.07, 6.45) is 6.22. The van der Waals surface area contributed by atoms with E-state index in [4.69, 9.17) is 4.74 Å². The van der Waals surface area contributed by atoms with Crippen LogP contribution in [0.4, 0.5) is 0 Å². The molecule has 5 nitrogen and oxygen atoms in total. The summed E-state index contributed by atoms with van der Waals surface area (Å²) < 4.78 is 7.33. The summed E-state index contributed by atoms with van der Waals surface area (Å²) in [5.74, 6) is 0.680. The van der Waals surface area contributed by atoms with Crippen molar-refractivity contribution >= 4 is 22.3 Å². The zero-order chi connectivity index (χ0) is 17.9. The maximum atomic E-state index is 12.9. The molecule has 5 heteroatoms. The van der Waals surface area contributed by atoms with Crippen LogP contribution in [-0.2, 0) is 6.42 Å². The summed E-state index contributed by atoms with van der Waals surface area (Å²) in [6.45, 7) is 0.562. The largest absolute Gasteiger partial charge is 0.495 e. The number of amides is 1. The quantitative estimate of drug-likeness (QED) is 0.603. The smallest absolute Gasteiger partial charge is 0.254 e. The van der Waals surface area contributed by atoms with Crippen LogP contribution in [0.15, 0.2) is 67.1 Å². The van der Waals surface area contributed by atoms with Crippen molar-refractivity contribution in [1.82, 2.24) is 14.7 Å². The Morgan fingerprint density at radius 3 is 2.81 bits per heavy atom. The summed E-state index contributed by atoms with van der Waals surface area (Å²) in [6, 6.07) is 15.6. The minimum atomic E-state index is -0.0715. The highest BCUT2D eigenvalue weighted by atomic mass is 16.5. The summed E-state index contributed by atoms with van der Waals surface area (Å²) in [7, 11) is 1.64. The number of hydrogen-bond acceptors (Lipinski definition) is 3. The first-order valence-corrected chi connectivity index (χ1v) is 8.52. The molecule has 1 aromatic carbocycles. The van der Waals surface area contributed by atoms with Crippen LogP contribution in [0.3, 0.4) is 0 Å². The number of rotatable bonds is 5. The number of fused-ring (bicyclic) bond motifs is 3. The van der Waals surface area contributed by atoms with Crippen molar-refractivity contribution in [1.29, 1.82) is 0 Å². The van der Waals surface area contributed by atoms with Crippen LogP contribution in [0.2, 0.25) is 0 Å². The SMILES string of the molecule is COc1ccc2c(C(=O)NCCc3cccnc3)c3ccccc3n2c1. The average Bonchev–Trinajstić information content (AvgIpc) is 3.02. The van der Waals surface area contributed by atoms with Crippen molar-refractivity contribution in [2.45, 2.75) is 6.42 Å². The highest BCUT2D eigenvalue weighted by Gasteiger charge is 2.18. The van der Waals surface area contributed by atoms with Crippen molar-refractivity contribution in [3.8, 4) is 5.75 Å². The van der Waals surface area contributed by atoms with Gasteiger partial charge in [0, 0.05) is 24.3 Å². The first-order chi connectivity index (χ1) is 12.8. The third-order valence-corrected chi connectivity index (χ3v) is 4.50. The number of nitrogens with one attached hydrogen (secondary N) is 1. The van der Waals surface area contributed by atoms with Crippen molar-refractivity contribution in [2.75, 3.05) is 13.7 Å². The lowest BCUT2D eigenvalue weighted by Crippen LogP contribution is -2.25. The van der Waals surface area contributed by atoms with Crippen LogP contribution >= 0.6 is 0 Å². The number of carbonyl (C=O) groups is 1. The van der Waals surface area contributed by atoms with E-state index in [1.807, 2.05) is 65.3 Å². The van der Waals surface area contributed by atoms with Gasteiger partial charge in [-0.3, -0.25) is 9.78 Å². The van der Waals surface area contributed by atoms with E-state index in [1.165, 1.54) is 0 Å². The van der Waals surface area contributed by atoms with Crippen molar-refractivity contribution in [3.63, 3.8) is 0 Å². The summed E-state index contributed by atoms with van der Waals surface area (Å²) in [5, 5.41) is 3.97. The molecule has 0 bridgehead atoms.